The first-order valence-electron chi connectivity index (χ1n) is 8.04. The van der Waals surface area contributed by atoms with Crippen LogP contribution in [0.3, 0.4) is 0 Å². The van der Waals surface area contributed by atoms with E-state index in [1.54, 1.807) is 48.5 Å². The van der Waals surface area contributed by atoms with E-state index in [4.69, 9.17) is 11.6 Å². The highest BCUT2D eigenvalue weighted by molar-refractivity contribution is 6.30. The molecule has 0 radical (unpaired) electrons. The summed E-state index contributed by atoms with van der Waals surface area (Å²) in [5, 5.41) is 27.8. The molecule has 0 fully saturated rings. The summed E-state index contributed by atoms with van der Waals surface area (Å²) < 4.78 is 0. The molecule has 1 aromatic heterocycles. The molecule has 3 rings (SSSR count). The molecule has 1 atom stereocenters. The molecule has 2 aromatic carbocycles. The van der Waals surface area contributed by atoms with E-state index in [9.17, 15) is 15.2 Å². The van der Waals surface area contributed by atoms with Crippen LogP contribution in [-0.4, -0.2) is 26.5 Å². The first-order chi connectivity index (χ1) is 13.0. The van der Waals surface area contributed by atoms with Gasteiger partial charge in [0.15, 0.2) is 0 Å². The molecule has 0 spiro atoms. The largest absolute Gasteiger partial charge is 0.387 e. The van der Waals surface area contributed by atoms with Crippen LogP contribution in [0, 0.1) is 10.1 Å². The van der Waals surface area contributed by atoms with Crippen molar-refractivity contribution in [1.82, 2.24) is 9.97 Å². The topological polar surface area (TPSA) is 113 Å². The number of hydrogen-bond donors (Lipinski definition) is 3. The van der Waals surface area contributed by atoms with Crippen LogP contribution >= 0.6 is 11.6 Å². The maximum absolute atomic E-state index is 11.2. The second-order valence-electron chi connectivity index (χ2n) is 5.62. The van der Waals surface area contributed by atoms with Crippen LogP contribution in [0.5, 0.6) is 0 Å². The summed E-state index contributed by atoms with van der Waals surface area (Å²) in [4.78, 5) is 18.8. The van der Waals surface area contributed by atoms with Gasteiger partial charge < -0.3 is 15.7 Å². The number of rotatable bonds is 7. The lowest BCUT2D eigenvalue weighted by molar-refractivity contribution is -0.384. The standard InChI is InChI=1S/C18H16ClN5O3/c19-13-6-8-14(9-7-13)22-18-21-10-15(24(26)27)17(23-18)20-11-16(25)12-4-2-1-3-5-12/h1-10,16,25H,11H2,(H2,20,21,22,23). The molecule has 8 nitrogen and oxygen atoms in total. The summed E-state index contributed by atoms with van der Waals surface area (Å²) in [6.45, 7) is 0.0578. The van der Waals surface area contributed by atoms with E-state index < -0.39 is 11.0 Å². The van der Waals surface area contributed by atoms with Crippen molar-refractivity contribution in [1.29, 1.82) is 0 Å². The number of nitro groups is 1. The van der Waals surface area contributed by atoms with Gasteiger partial charge in [-0.2, -0.15) is 4.98 Å². The highest BCUT2D eigenvalue weighted by atomic mass is 35.5. The molecule has 9 heteroatoms. The van der Waals surface area contributed by atoms with E-state index in [0.29, 0.717) is 16.3 Å². The lowest BCUT2D eigenvalue weighted by Crippen LogP contribution is -2.15. The van der Waals surface area contributed by atoms with Crippen molar-refractivity contribution in [3.05, 3.63) is 81.5 Å². The van der Waals surface area contributed by atoms with Gasteiger partial charge in [-0.1, -0.05) is 41.9 Å². The smallest absolute Gasteiger partial charge is 0.329 e. The van der Waals surface area contributed by atoms with Crippen LogP contribution in [-0.2, 0) is 0 Å². The third-order valence-corrected chi connectivity index (χ3v) is 3.97. The third kappa shape index (κ3) is 4.90. The van der Waals surface area contributed by atoms with E-state index in [0.717, 1.165) is 6.20 Å². The highest BCUT2D eigenvalue weighted by Crippen LogP contribution is 2.25. The van der Waals surface area contributed by atoms with Gasteiger partial charge in [0, 0.05) is 17.3 Å². The van der Waals surface area contributed by atoms with Crippen molar-refractivity contribution in [3.8, 4) is 0 Å². The molecule has 1 unspecified atom stereocenters. The molecule has 0 amide bonds. The van der Waals surface area contributed by atoms with Crippen molar-refractivity contribution in [2.75, 3.05) is 17.2 Å². The zero-order chi connectivity index (χ0) is 19.2. The Bertz CT molecular complexity index is 922. The Balaban J connectivity index is 1.77. The molecule has 0 saturated carbocycles. The van der Waals surface area contributed by atoms with Gasteiger partial charge in [0.1, 0.15) is 6.20 Å². The summed E-state index contributed by atoms with van der Waals surface area (Å²) >= 11 is 5.85. The zero-order valence-corrected chi connectivity index (χ0v) is 14.8. The minimum Gasteiger partial charge on any atom is -0.387 e. The molecule has 0 saturated heterocycles. The Morgan fingerprint density at radius 3 is 2.52 bits per heavy atom. The van der Waals surface area contributed by atoms with Crippen molar-refractivity contribution < 1.29 is 10.0 Å². The molecular formula is C18H16ClN5O3. The summed E-state index contributed by atoms with van der Waals surface area (Å²) in [6.07, 6.45) is 0.274. The van der Waals surface area contributed by atoms with E-state index >= 15 is 0 Å². The molecule has 0 aliphatic heterocycles. The number of halogens is 1. The minimum absolute atomic E-state index is 0.0152. The van der Waals surface area contributed by atoms with Crippen LogP contribution in [0.4, 0.5) is 23.1 Å². The highest BCUT2D eigenvalue weighted by Gasteiger charge is 2.18. The predicted molar refractivity (Wildman–Crippen MR) is 103 cm³/mol. The number of aliphatic hydroxyl groups is 1. The Labute approximate surface area is 160 Å². The normalized spacial score (nSPS) is 11.6. The van der Waals surface area contributed by atoms with E-state index in [1.165, 1.54) is 0 Å². The van der Waals surface area contributed by atoms with Gasteiger partial charge in [0.2, 0.25) is 11.8 Å². The van der Waals surface area contributed by atoms with Gasteiger partial charge >= 0.3 is 5.69 Å². The Kier molecular flexibility index (Phi) is 5.80. The average molecular weight is 386 g/mol. The predicted octanol–water partition coefficient (Wildman–Crippen LogP) is 3.93. The Morgan fingerprint density at radius 2 is 1.85 bits per heavy atom. The molecule has 0 aliphatic rings. The number of nitrogens with one attached hydrogen (secondary N) is 2. The van der Waals surface area contributed by atoms with Gasteiger partial charge in [0.25, 0.3) is 0 Å². The fourth-order valence-electron chi connectivity index (χ4n) is 2.35. The van der Waals surface area contributed by atoms with Gasteiger partial charge in [-0.05, 0) is 29.8 Å². The average Bonchev–Trinajstić information content (AvgIpc) is 2.68. The van der Waals surface area contributed by atoms with Crippen molar-refractivity contribution in [2.24, 2.45) is 0 Å². The van der Waals surface area contributed by atoms with Crippen LogP contribution in [0.25, 0.3) is 0 Å². The summed E-state index contributed by atoms with van der Waals surface area (Å²) in [7, 11) is 0. The van der Waals surface area contributed by atoms with Crippen LogP contribution in [0.15, 0.2) is 60.8 Å². The quantitative estimate of drug-likeness (QED) is 0.417. The molecule has 0 aliphatic carbocycles. The number of hydrogen-bond acceptors (Lipinski definition) is 7. The van der Waals surface area contributed by atoms with Crippen LogP contribution in [0.2, 0.25) is 5.02 Å². The van der Waals surface area contributed by atoms with Gasteiger partial charge in [0.05, 0.1) is 11.0 Å². The van der Waals surface area contributed by atoms with E-state index in [1.807, 2.05) is 6.07 Å². The molecule has 138 valence electrons. The van der Waals surface area contributed by atoms with E-state index in [2.05, 4.69) is 20.6 Å². The summed E-state index contributed by atoms with van der Waals surface area (Å²) in [5.41, 5.74) is 1.10. The number of aliphatic hydroxyl groups excluding tert-OH is 1. The SMILES string of the molecule is O=[N+]([O-])c1cnc(Nc2ccc(Cl)cc2)nc1NCC(O)c1ccccc1. The monoisotopic (exact) mass is 385 g/mol. The van der Waals surface area contributed by atoms with Crippen molar-refractivity contribution in [3.63, 3.8) is 0 Å². The second-order valence-corrected chi connectivity index (χ2v) is 6.06. The summed E-state index contributed by atoms with van der Waals surface area (Å²) in [6, 6.07) is 15.9. The maximum Gasteiger partial charge on any atom is 0.329 e. The van der Waals surface area contributed by atoms with Crippen molar-refractivity contribution >= 4 is 34.7 Å². The lowest BCUT2D eigenvalue weighted by Gasteiger charge is -2.13. The molecule has 27 heavy (non-hydrogen) atoms. The molecule has 1 heterocycles. The summed E-state index contributed by atoms with van der Waals surface area (Å²) in [5.74, 6) is 0.195. The number of nitrogens with zero attached hydrogens (tertiary/aromatic N) is 3. The molecule has 3 N–H and O–H groups in total. The lowest BCUT2D eigenvalue weighted by atomic mass is 10.1. The van der Waals surface area contributed by atoms with E-state index in [-0.39, 0.29) is 24.0 Å². The van der Waals surface area contributed by atoms with Gasteiger partial charge in [-0.15, -0.1) is 0 Å². The third-order valence-electron chi connectivity index (χ3n) is 3.71. The molecular weight excluding hydrogens is 370 g/mol. The molecule has 0 bridgehead atoms. The maximum atomic E-state index is 11.2. The van der Waals surface area contributed by atoms with Crippen LogP contribution in [0.1, 0.15) is 11.7 Å². The fraction of sp³-hybridized carbons (Fsp3) is 0.111. The first kappa shape index (κ1) is 18.6. The fourth-order valence-corrected chi connectivity index (χ4v) is 2.47. The van der Waals surface area contributed by atoms with Crippen LogP contribution < -0.4 is 10.6 Å². The first-order valence-corrected chi connectivity index (χ1v) is 8.41. The second kappa shape index (κ2) is 8.43. The molecule has 3 aromatic rings. The van der Waals surface area contributed by atoms with Crippen molar-refractivity contribution in [2.45, 2.75) is 6.10 Å². The number of aromatic nitrogens is 2. The Hall–Kier alpha value is -3.23. The zero-order valence-electron chi connectivity index (χ0n) is 14.0. The Morgan fingerprint density at radius 1 is 1.15 bits per heavy atom. The number of benzene rings is 2. The van der Waals surface area contributed by atoms with Gasteiger partial charge in [-0.3, -0.25) is 10.1 Å². The minimum atomic E-state index is -0.839. The van der Waals surface area contributed by atoms with Gasteiger partial charge in [-0.25, -0.2) is 4.98 Å². The number of anilines is 3.